The van der Waals surface area contributed by atoms with Crippen LogP contribution < -0.4 is 13.6 Å². The quantitative estimate of drug-likeness (QED) is 0.216. The molecule has 0 aliphatic carbocycles. The van der Waals surface area contributed by atoms with Crippen LogP contribution in [0.2, 0.25) is 0 Å². The fourth-order valence-corrected chi connectivity index (χ4v) is 19.4. The second-order valence-corrected chi connectivity index (χ2v) is 24.0. The van der Waals surface area contributed by atoms with Crippen molar-refractivity contribution >= 4 is 32.2 Å². The van der Waals surface area contributed by atoms with Crippen molar-refractivity contribution in [3.8, 4) is 0 Å². The van der Waals surface area contributed by atoms with Crippen molar-refractivity contribution in [3.63, 3.8) is 0 Å². The third-order valence-electron chi connectivity index (χ3n) is 0.661. The molecule has 40 valence electrons. The van der Waals surface area contributed by atoms with Gasteiger partial charge in [0.2, 0.25) is 0 Å². The van der Waals surface area contributed by atoms with Gasteiger partial charge in [-0.1, -0.05) is 0 Å². The number of quaternary nitrogens is 2. The Hall–Kier alpha value is 1.34. The Labute approximate surface area is 47.5 Å². The van der Waals surface area contributed by atoms with Crippen molar-refractivity contribution in [1.29, 1.82) is 0 Å². The molecule has 0 aromatic carbocycles. The second kappa shape index (κ2) is 1.69. The Bertz CT molecular complexity index is 45.5. The SMILES string of the molecule is NC1I([NH3+])I1[NH3+]. The molecule has 0 saturated carbocycles. The third kappa shape index (κ3) is 0.782. The van der Waals surface area contributed by atoms with Crippen LogP contribution in [0.25, 0.3) is 0 Å². The van der Waals surface area contributed by atoms with Gasteiger partial charge in [0.25, 0.3) is 0 Å². The van der Waals surface area contributed by atoms with Crippen LogP contribution in [0, 0.1) is 0 Å². The van der Waals surface area contributed by atoms with E-state index in [9.17, 15) is 0 Å². The molecule has 0 unspecified atom stereocenters. The van der Waals surface area contributed by atoms with E-state index in [0.29, 0.717) is 2.06 Å². The Balaban J connectivity index is 2.31. The Morgan fingerprint density at radius 2 is 1.50 bits per heavy atom. The van der Waals surface area contributed by atoms with E-state index in [2.05, 4.69) is 7.89 Å². The van der Waals surface area contributed by atoms with Crippen LogP contribution >= 0.6 is 32.2 Å². The van der Waals surface area contributed by atoms with Crippen molar-refractivity contribution in [2.24, 2.45) is 5.73 Å². The third-order valence-corrected chi connectivity index (χ3v) is 22.9. The van der Waals surface area contributed by atoms with E-state index in [1.165, 1.54) is 0 Å². The zero-order chi connectivity index (χ0) is 4.73. The molecule has 0 spiro atoms. The van der Waals surface area contributed by atoms with Crippen LogP contribution in [-0.4, -0.2) is 2.06 Å². The van der Waals surface area contributed by atoms with Crippen LogP contribution in [-0.2, 0) is 0 Å². The monoisotopic (exact) mass is 317 g/mol. The summed E-state index contributed by atoms with van der Waals surface area (Å²) in [7, 11) is 0. The number of alkyl halides is 2. The fourth-order valence-electron chi connectivity index (χ4n) is 0.180. The van der Waals surface area contributed by atoms with E-state index in [4.69, 9.17) is 5.73 Å². The molecule has 1 aliphatic heterocycles. The van der Waals surface area contributed by atoms with E-state index in [1.807, 2.05) is 0 Å². The summed E-state index contributed by atoms with van der Waals surface area (Å²) in [4.78, 5) is 0. The maximum absolute atomic E-state index is 5.52. The van der Waals surface area contributed by atoms with Gasteiger partial charge in [-0.25, -0.2) is 0 Å². The molecule has 0 bridgehead atoms. The number of rotatable bonds is 0. The topological polar surface area (TPSA) is 81.3 Å². The molecule has 0 amide bonds. The van der Waals surface area contributed by atoms with Crippen LogP contribution in [0.5, 0.6) is 0 Å². The van der Waals surface area contributed by atoms with E-state index in [1.54, 1.807) is 0 Å². The van der Waals surface area contributed by atoms with Crippen LogP contribution in [0.15, 0.2) is 0 Å². The first-order valence-electron chi connectivity index (χ1n) is 1.45. The fraction of sp³-hybridized carbons (Fsp3) is 1.00. The molecule has 0 radical (unpaired) electrons. The minimum absolute atomic E-state index is 0.610. The van der Waals surface area contributed by atoms with Gasteiger partial charge in [-0.05, 0) is 0 Å². The molecular weight excluding hydrogens is 308 g/mol. The van der Waals surface area contributed by atoms with E-state index in [-0.39, 0.29) is 0 Å². The van der Waals surface area contributed by atoms with Crippen molar-refractivity contribution in [1.82, 2.24) is 0 Å². The molecular formula is CH9I2N3+2. The van der Waals surface area contributed by atoms with Gasteiger partial charge in [0.1, 0.15) is 0 Å². The number of halogens is 2. The summed E-state index contributed by atoms with van der Waals surface area (Å²) >= 11 is -1.29. The van der Waals surface area contributed by atoms with E-state index in [0.717, 1.165) is 0 Å². The molecule has 8 N–H and O–H groups in total. The molecule has 1 saturated heterocycles. The van der Waals surface area contributed by atoms with Gasteiger partial charge in [-0.3, -0.25) is 0 Å². The summed E-state index contributed by atoms with van der Waals surface area (Å²) in [5.74, 6) is 0. The summed E-state index contributed by atoms with van der Waals surface area (Å²) in [6.07, 6.45) is 0. The molecule has 0 aromatic heterocycles. The average molecular weight is 317 g/mol. The van der Waals surface area contributed by atoms with Gasteiger partial charge >= 0.3 is 47.9 Å². The molecule has 3 nitrogen and oxygen atoms in total. The van der Waals surface area contributed by atoms with Gasteiger partial charge in [-0.15, -0.1) is 0 Å². The van der Waals surface area contributed by atoms with Gasteiger partial charge in [0, 0.05) is 0 Å². The molecule has 1 rings (SSSR count). The second-order valence-electron chi connectivity index (χ2n) is 1.01. The summed E-state index contributed by atoms with van der Waals surface area (Å²) in [5, 5.41) is 0. The molecule has 0 aromatic rings. The van der Waals surface area contributed by atoms with Gasteiger partial charge in [-0.2, -0.15) is 0 Å². The molecule has 0 atom stereocenters. The van der Waals surface area contributed by atoms with Gasteiger partial charge in [0.05, 0.1) is 0 Å². The van der Waals surface area contributed by atoms with Crippen LogP contribution in [0.3, 0.4) is 0 Å². The van der Waals surface area contributed by atoms with Crippen molar-refractivity contribution in [3.05, 3.63) is 0 Å². The Morgan fingerprint density at radius 1 is 1.33 bits per heavy atom. The Kier molecular flexibility index (Phi) is 1.54. The first kappa shape index (κ1) is 5.48. The van der Waals surface area contributed by atoms with Crippen molar-refractivity contribution in [2.45, 2.75) is 2.06 Å². The van der Waals surface area contributed by atoms with Gasteiger partial charge in [0.15, 0.2) is 0 Å². The zero-order valence-corrected chi connectivity index (χ0v) is 7.64. The standard InChI is InChI=1S/CH7I2N3/c4-1-2(5)3(1)6/h1H,4-6H2/p+2. The Morgan fingerprint density at radius 3 is 1.50 bits per heavy atom. The number of nitrogens with two attached hydrogens (primary N) is 1. The molecule has 5 heteroatoms. The predicted molar refractivity (Wildman–Crippen MR) is 41.8 cm³/mol. The summed E-state index contributed by atoms with van der Waals surface area (Å²) in [5.41, 5.74) is 5.52. The molecule has 6 heavy (non-hydrogen) atoms. The van der Waals surface area contributed by atoms with Crippen molar-refractivity contribution in [2.75, 3.05) is 0 Å². The van der Waals surface area contributed by atoms with Crippen LogP contribution in [0.4, 0.5) is 0 Å². The van der Waals surface area contributed by atoms with Crippen LogP contribution in [0.1, 0.15) is 0 Å². The normalized spacial score (nSPS) is 34.5. The predicted octanol–water partition coefficient (Wildman–Crippen LogP) is -1.52. The number of hydrogen-bond acceptors (Lipinski definition) is 1. The summed E-state index contributed by atoms with van der Waals surface area (Å²) < 4.78 is 8.51. The number of hydrogen-bond donors (Lipinski definition) is 3. The average Bonchev–Trinajstić information content (AvgIpc) is 1.94. The molecule has 1 aliphatic rings. The summed E-state index contributed by atoms with van der Waals surface area (Å²) in [6.45, 7) is 0. The minimum atomic E-state index is -0.644. The van der Waals surface area contributed by atoms with E-state index >= 15 is 0 Å². The molecule has 1 heterocycles. The van der Waals surface area contributed by atoms with E-state index < -0.39 is 32.2 Å². The first-order valence-corrected chi connectivity index (χ1v) is 13.3. The zero-order valence-electron chi connectivity index (χ0n) is 3.32. The first-order chi connectivity index (χ1) is 2.73. The maximum atomic E-state index is 5.52. The summed E-state index contributed by atoms with van der Waals surface area (Å²) in [6, 6.07) is 0. The van der Waals surface area contributed by atoms with Crippen molar-refractivity contribution < 1.29 is 7.89 Å². The van der Waals surface area contributed by atoms with Gasteiger partial charge < -0.3 is 0 Å². The molecule has 1 fully saturated rings.